The summed E-state index contributed by atoms with van der Waals surface area (Å²) >= 11 is 6.05. The predicted molar refractivity (Wildman–Crippen MR) is 137 cm³/mol. The summed E-state index contributed by atoms with van der Waals surface area (Å²) in [6, 6.07) is 10.8. The average molecular weight is 516 g/mol. The molecule has 10 nitrogen and oxygen atoms in total. The number of methoxy groups -OCH3 is 1. The third kappa shape index (κ3) is 8.40. The van der Waals surface area contributed by atoms with Crippen molar-refractivity contribution in [2.75, 3.05) is 12.5 Å². The number of nitrogens with one attached hydrogen (secondary N) is 2. The first kappa shape index (κ1) is 28.3. The molecule has 2 heterocycles. The Morgan fingerprint density at radius 1 is 1.17 bits per heavy atom. The average Bonchev–Trinajstić information content (AvgIpc) is 2.84. The number of aryl methyl sites for hydroxylation is 1. The van der Waals surface area contributed by atoms with Crippen LogP contribution in [0.2, 0.25) is 5.02 Å². The van der Waals surface area contributed by atoms with Crippen molar-refractivity contribution in [1.82, 2.24) is 15.0 Å². The lowest BCUT2D eigenvalue weighted by Crippen LogP contribution is -2.34. The van der Waals surface area contributed by atoms with Crippen LogP contribution in [0.4, 0.5) is 0 Å². The lowest BCUT2D eigenvalue weighted by molar-refractivity contribution is -0.134. The molecule has 5 N–H and O–H groups in total. The van der Waals surface area contributed by atoms with Gasteiger partial charge in [0.2, 0.25) is 11.8 Å². The number of carboxylic acid groups (broad SMARTS) is 1. The summed E-state index contributed by atoms with van der Waals surface area (Å²) in [4.78, 5) is 38.7. The van der Waals surface area contributed by atoms with Crippen molar-refractivity contribution in [3.63, 3.8) is 0 Å². The Kier molecular flexibility index (Phi) is 10.9. The highest BCUT2D eigenvalue weighted by atomic mass is 35.5. The van der Waals surface area contributed by atoms with E-state index in [2.05, 4.69) is 15.7 Å². The lowest BCUT2D eigenvalue weighted by atomic mass is 10.1. The molecule has 11 heteroatoms. The number of carbonyl (C=O) groups excluding carboxylic acids is 1. The predicted octanol–water partition coefficient (Wildman–Crippen LogP) is 2.37. The minimum atomic E-state index is -0.833. The summed E-state index contributed by atoms with van der Waals surface area (Å²) in [7, 11) is 1.54. The van der Waals surface area contributed by atoms with Crippen molar-refractivity contribution < 1.29 is 19.4 Å². The molecule has 0 saturated heterocycles. The van der Waals surface area contributed by atoms with Gasteiger partial charge in [0, 0.05) is 48.6 Å². The molecule has 192 valence electrons. The summed E-state index contributed by atoms with van der Waals surface area (Å²) < 4.78 is 6.61. The zero-order valence-corrected chi connectivity index (χ0v) is 21.1. The Morgan fingerprint density at radius 2 is 1.89 bits per heavy atom. The fourth-order valence-corrected chi connectivity index (χ4v) is 3.49. The molecule has 2 aromatic heterocycles. The number of carboxylic acids is 1. The highest BCUT2D eigenvalue weighted by Gasteiger charge is 2.13. The number of nitrogens with two attached hydrogens (primary N) is 1. The number of amides is 1. The van der Waals surface area contributed by atoms with Gasteiger partial charge >= 0.3 is 0 Å². The SMILES string of the molecule is CC(=O)O.COc1ncccc1CNn1ccc(C)c(CC(=O)NCc2cc(Cl)ccc2CN)c1=O. The summed E-state index contributed by atoms with van der Waals surface area (Å²) in [5, 5.41) is 10.8. The highest BCUT2D eigenvalue weighted by molar-refractivity contribution is 6.30. The number of aromatic nitrogens is 2. The number of carbonyl (C=O) groups is 2. The van der Waals surface area contributed by atoms with Crippen LogP contribution in [0.5, 0.6) is 5.88 Å². The van der Waals surface area contributed by atoms with Gasteiger partial charge in [0.1, 0.15) is 0 Å². The van der Waals surface area contributed by atoms with E-state index in [1.54, 1.807) is 43.8 Å². The Balaban J connectivity index is 0.00000106. The number of aliphatic carboxylic acids is 1. The smallest absolute Gasteiger partial charge is 0.300 e. The summed E-state index contributed by atoms with van der Waals surface area (Å²) in [6.07, 6.45) is 3.24. The first-order valence-corrected chi connectivity index (χ1v) is 11.4. The maximum Gasteiger partial charge on any atom is 0.300 e. The molecule has 0 aliphatic heterocycles. The summed E-state index contributed by atoms with van der Waals surface area (Å²) in [6.45, 7) is 3.85. The van der Waals surface area contributed by atoms with Gasteiger partial charge in [0.05, 0.1) is 20.1 Å². The molecule has 0 bridgehead atoms. The number of rotatable bonds is 9. The fraction of sp³-hybridized carbons (Fsp3) is 0.280. The number of ether oxygens (including phenoxy) is 1. The second kappa shape index (κ2) is 13.9. The van der Waals surface area contributed by atoms with Gasteiger partial charge in [-0.15, -0.1) is 0 Å². The van der Waals surface area contributed by atoms with Gasteiger partial charge in [-0.25, -0.2) is 9.66 Å². The van der Waals surface area contributed by atoms with Crippen molar-refractivity contribution in [2.24, 2.45) is 5.73 Å². The third-order valence-corrected chi connectivity index (χ3v) is 5.35. The lowest BCUT2D eigenvalue weighted by Gasteiger charge is -2.14. The second-order valence-electron chi connectivity index (χ2n) is 7.75. The van der Waals surface area contributed by atoms with Crippen LogP contribution in [-0.2, 0) is 35.6 Å². The van der Waals surface area contributed by atoms with Gasteiger partial charge in [0.25, 0.3) is 11.5 Å². The number of pyridine rings is 2. The van der Waals surface area contributed by atoms with E-state index in [4.69, 9.17) is 32.0 Å². The van der Waals surface area contributed by atoms with E-state index in [1.165, 1.54) is 4.68 Å². The normalized spacial score (nSPS) is 10.1. The van der Waals surface area contributed by atoms with Crippen molar-refractivity contribution in [3.8, 4) is 5.88 Å². The monoisotopic (exact) mass is 515 g/mol. The van der Waals surface area contributed by atoms with Crippen LogP contribution < -0.4 is 26.8 Å². The van der Waals surface area contributed by atoms with Gasteiger partial charge in [-0.3, -0.25) is 14.4 Å². The van der Waals surface area contributed by atoms with Gasteiger partial charge in [0.15, 0.2) is 0 Å². The Hall–Kier alpha value is -3.89. The molecule has 36 heavy (non-hydrogen) atoms. The molecule has 0 spiro atoms. The number of hydrogen-bond donors (Lipinski definition) is 4. The molecule has 0 radical (unpaired) electrons. The van der Waals surface area contributed by atoms with Gasteiger partial charge < -0.3 is 26.3 Å². The molecule has 0 fully saturated rings. The molecule has 0 saturated carbocycles. The number of benzene rings is 1. The largest absolute Gasteiger partial charge is 0.481 e. The maximum atomic E-state index is 13.0. The minimum Gasteiger partial charge on any atom is -0.481 e. The van der Waals surface area contributed by atoms with Crippen LogP contribution in [0.25, 0.3) is 0 Å². The number of nitrogens with zero attached hydrogens (tertiary/aromatic N) is 2. The first-order valence-electron chi connectivity index (χ1n) is 11.0. The van der Waals surface area contributed by atoms with Crippen molar-refractivity contribution >= 4 is 23.5 Å². The molecule has 3 aromatic rings. The summed E-state index contributed by atoms with van der Waals surface area (Å²) in [5.74, 6) is -0.613. The van der Waals surface area contributed by atoms with Crippen LogP contribution >= 0.6 is 11.6 Å². The second-order valence-corrected chi connectivity index (χ2v) is 8.19. The number of hydrogen-bond acceptors (Lipinski definition) is 7. The Labute approximate surface area is 214 Å². The van der Waals surface area contributed by atoms with E-state index in [9.17, 15) is 9.59 Å². The van der Waals surface area contributed by atoms with E-state index >= 15 is 0 Å². The van der Waals surface area contributed by atoms with Gasteiger partial charge in [-0.05, 0) is 47.9 Å². The van der Waals surface area contributed by atoms with E-state index in [0.29, 0.717) is 29.6 Å². The van der Waals surface area contributed by atoms with Crippen LogP contribution in [0, 0.1) is 6.92 Å². The Bertz CT molecular complexity index is 1260. The van der Waals surface area contributed by atoms with E-state index < -0.39 is 5.97 Å². The van der Waals surface area contributed by atoms with Gasteiger partial charge in [-0.2, -0.15) is 0 Å². The fourth-order valence-electron chi connectivity index (χ4n) is 3.30. The zero-order valence-electron chi connectivity index (χ0n) is 20.4. The third-order valence-electron chi connectivity index (χ3n) is 5.11. The maximum absolute atomic E-state index is 13.0. The van der Waals surface area contributed by atoms with Crippen LogP contribution in [-0.4, -0.2) is 33.8 Å². The topological polar surface area (TPSA) is 149 Å². The quantitative estimate of drug-likeness (QED) is 0.339. The molecule has 0 atom stereocenters. The minimum absolute atomic E-state index is 0.0398. The van der Waals surface area contributed by atoms with Crippen molar-refractivity contribution in [1.29, 1.82) is 0 Å². The highest BCUT2D eigenvalue weighted by Crippen LogP contribution is 2.16. The molecule has 0 unspecified atom stereocenters. The zero-order chi connectivity index (χ0) is 26.7. The standard InChI is InChI=1S/C23H26ClN5O3.C2H4O2/c1-15-7-9-29(28-14-17-4-3-8-26-22(17)32-2)23(31)20(15)11-21(30)27-13-18-10-19(24)6-5-16(18)12-25;1-2(3)4/h3-10,28H,11-14,25H2,1-2H3,(H,27,30);1H3,(H,3,4). The van der Waals surface area contributed by atoms with E-state index in [0.717, 1.165) is 29.2 Å². The first-order chi connectivity index (χ1) is 17.2. The molecular weight excluding hydrogens is 486 g/mol. The molecular formula is C25H30ClN5O5. The number of halogens is 1. The molecule has 3 rings (SSSR count). The van der Waals surface area contributed by atoms with Crippen molar-refractivity contribution in [3.05, 3.63) is 92.0 Å². The Morgan fingerprint density at radius 3 is 2.56 bits per heavy atom. The molecule has 0 aliphatic carbocycles. The molecule has 1 amide bonds. The van der Waals surface area contributed by atoms with Gasteiger partial charge in [-0.1, -0.05) is 23.7 Å². The molecule has 0 aliphatic rings. The van der Waals surface area contributed by atoms with Crippen LogP contribution in [0.15, 0.2) is 53.6 Å². The van der Waals surface area contributed by atoms with E-state index in [-0.39, 0.29) is 24.4 Å². The van der Waals surface area contributed by atoms with E-state index in [1.807, 2.05) is 19.1 Å². The van der Waals surface area contributed by atoms with Crippen LogP contribution in [0.1, 0.15) is 34.7 Å². The van der Waals surface area contributed by atoms with Crippen LogP contribution in [0.3, 0.4) is 0 Å². The van der Waals surface area contributed by atoms with Crippen molar-refractivity contribution in [2.45, 2.75) is 39.9 Å². The molecule has 1 aromatic carbocycles. The summed E-state index contributed by atoms with van der Waals surface area (Å²) in [5.41, 5.74) is 12.2.